The molecule has 1 N–H and O–H groups in total. The van der Waals surface area contributed by atoms with Crippen LogP contribution in [0.3, 0.4) is 0 Å². The summed E-state index contributed by atoms with van der Waals surface area (Å²) in [7, 11) is 0.0556. The minimum Gasteiger partial charge on any atom is -0.381 e. The fraction of sp³-hybridized carbons (Fsp3) is 0.419. The molecule has 0 saturated heterocycles. The minimum absolute atomic E-state index is 0.0535. The van der Waals surface area contributed by atoms with Crippen LogP contribution in [-0.2, 0) is 4.74 Å². The first kappa shape index (κ1) is 33.7. The molecular weight excluding hydrogens is 543 g/mol. The number of nitriles is 1. The Kier molecular flexibility index (Phi) is 11.8. The Bertz CT molecular complexity index is 1380. The summed E-state index contributed by atoms with van der Waals surface area (Å²) < 4.78 is 47.5. The summed E-state index contributed by atoms with van der Waals surface area (Å²) in [6, 6.07) is 10.4. The summed E-state index contributed by atoms with van der Waals surface area (Å²) >= 11 is 0. The largest absolute Gasteiger partial charge is 0.419 e. The van der Waals surface area contributed by atoms with Gasteiger partial charge in [-0.2, -0.15) is 18.4 Å². The molecule has 0 spiro atoms. The van der Waals surface area contributed by atoms with Crippen molar-refractivity contribution in [2.24, 2.45) is 10.9 Å². The van der Waals surface area contributed by atoms with Crippen molar-refractivity contribution in [3.63, 3.8) is 0 Å². The number of amidine groups is 1. The Hall–Kier alpha value is -3.55. The number of rotatable bonds is 11. The van der Waals surface area contributed by atoms with Crippen LogP contribution in [0.1, 0.15) is 30.8 Å². The summed E-state index contributed by atoms with van der Waals surface area (Å²) in [5, 5.41) is 12.9. The van der Waals surface area contributed by atoms with Crippen LogP contribution >= 0.6 is 0 Å². The molecule has 0 fully saturated rings. The Morgan fingerprint density at radius 1 is 1.24 bits per heavy atom. The molecule has 0 bridgehead atoms. The maximum Gasteiger partial charge on any atom is 0.419 e. The average Bonchev–Trinajstić information content (AvgIpc) is 2.86. The number of aromatic nitrogens is 2. The maximum atomic E-state index is 13.9. The van der Waals surface area contributed by atoms with Crippen molar-refractivity contribution in [3.8, 4) is 17.3 Å². The Morgan fingerprint density at radius 2 is 1.93 bits per heavy atom. The normalized spacial score (nSPS) is 14.0. The second-order valence-corrected chi connectivity index (χ2v) is 17.0. The van der Waals surface area contributed by atoms with Crippen LogP contribution in [-0.4, -0.2) is 50.3 Å². The summed E-state index contributed by atoms with van der Waals surface area (Å²) in [6.07, 6.45) is -1.88. The third-order valence-corrected chi connectivity index (χ3v) is 7.71. The first-order valence-corrected chi connectivity index (χ1v) is 17.1. The fourth-order valence-corrected chi connectivity index (χ4v) is 4.78. The number of pyridine rings is 2. The van der Waals surface area contributed by atoms with E-state index in [4.69, 9.17) is 4.74 Å². The van der Waals surface area contributed by atoms with E-state index in [0.717, 1.165) is 17.8 Å². The summed E-state index contributed by atoms with van der Waals surface area (Å²) in [5.74, 6) is -0.312. The predicted octanol–water partition coefficient (Wildman–Crippen LogP) is 8.16. The first-order valence-electron chi connectivity index (χ1n) is 13.4. The number of hydrogen-bond acceptors (Lipinski definition) is 5. The Labute approximate surface area is 242 Å². The number of allylic oxidation sites excluding steroid dienone is 3. The van der Waals surface area contributed by atoms with E-state index < -0.39 is 25.7 Å². The smallest absolute Gasteiger partial charge is 0.381 e. The minimum atomic E-state index is -4.67. The lowest BCUT2D eigenvalue weighted by atomic mass is 9.94. The van der Waals surface area contributed by atoms with Crippen LogP contribution in [0, 0.1) is 31.1 Å². The molecule has 1 atom stereocenters. The van der Waals surface area contributed by atoms with E-state index >= 15 is 0 Å². The summed E-state index contributed by atoms with van der Waals surface area (Å²) in [6.45, 7) is 18.6. The van der Waals surface area contributed by atoms with E-state index in [-0.39, 0.29) is 17.3 Å². The number of alkyl halides is 3. The van der Waals surface area contributed by atoms with Crippen molar-refractivity contribution >= 4 is 25.3 Å². The van der Waals surface area contributed by atoms with E-state index in [0.29, 0.717) is 41.3 Å². The molecule has 0 saturated carbocycles. The molecule has 1 unspecified atom stereocenters. The number of ether oxygens (including phenoxy) is 1. The molecular formula is C31H40F3N5OSi. The van der Waals surface area contributed by atoms with Gasteiger partial charge in [0.1, 0.15) is 11.7 Å². The number of aliphatic imine (C=N–C) groups is 1. The van der Waals surface area contributed by atoms with Gasteiger partial charge in [-0.05, 0) is 57.0 Å². The van der Waals surface area contributed by atoms with Crippen LogP contribution in [0.15, 0.2) is 59.1 Å². The molecule has 0 radical (unpaired) electrons. The second kappa shape index (κ2) is 14.4. The highest BCUT2D eigenvalue weighted by Gasteiger charge is 2.37. The highest BCUT2D eigenvalue weighted by Crippen LogP contribution is 2.34. The Balaban J connectivity index is 2.59. The quantitative estimate of drug-likeness (QED) is 0.0721. The average molecular weight is 584 g/mol. The number of anilines is 1. The monoisotopic (exact) mass is 583 g/mol. The highest BCUT2D eigenvalue weighted by atomic mass is 28.3. The zero-order valence-electron chi connectivity index (χ0n) is 25.2. The molecule has 2 aromatic rings. The van der Waals surface area contributed by atoms with Gasteiger partial charge in [0.2, 0.25) is 0 Å². The summed E-state index contributed by atoms with van der Waals surface area (Å²) in [5.41, 5.74) is 2.56. The van der Waals surface area contributed by atoms with Gasteiger partial charge in [-0.15, -0.1) is 0 Å². The van der Waals surface area contributed by atoms with Gasteiger partial charge in [-0.1, -0.05) is 50.9 Å². The SMILES string of the molecule is C=C(C)C=C(C(=NC)Nc1cc(-c2cccc(C)n2)c(C(C#N)=CC(C)COCC[Si](C)(C)C)c(C)n1)C(F)(F)F. The lowest BCUT2D eigenvalue weighted by Crippen LogP contribution is -2.26. The second-order valence-electron chi connectivity index (χ2n) is 11.3. The molecule has 2 heterocycles. The summed E-state index contributed by atoms with van der Waals surface area (Å²) in [4.78, 5) is 13.0. The van der Waals surface area contributed by atoms with Crippen molar-refractivity contribution in [2.75, 3.05) is 25.6 Å². The van der Waals surface area contributed by atoms with Gasteiger partial charge in [-0.25, -0.2) is 4.98 Å². The molecule has 220 valence electrons. The molecule has 6 nitrogen and oxygen atoms in total. The number of halogens is 3. The van der Waals surface area contributed by atoms with E-state index in [1.165, 1.54) is 14.0 Å². The van der Waals surface area contributed by atoms with Crippen molar-refractivity contribution < 1.29 is 17.9 Å². The van der Waals surface area contributed by atoms with Crippen molar-refractivity contribution in [2.45, 2.75) is 59.6 Å². The van der Waals surface area contributed by atoms with Gasteiger partial charge in [0.15, 0.2) is 0 Å². The molecule has 0 aliphatic rings. The van der Waals surface area contributed by atoms with Crippen LogP contribution in [0.2, 0.25) is 25.7 Å². The third kappa shape index (κ3) is 10.4. The van der Waals surface area contributed by atoms with Gasteiger partial charge in [0, 0.05) is 44.2 Å². The fourth-order valence-electron chi connectivity index (χ4n) is 4.02. The van der Waals surface area contributed by atoms with E-state index in [1.54, 1.807) is 19.1 Å². The third-order valence-electron chi connectivity index (χ3n) is 6.00. The van der Waals surface area contributed by atoms with Gasteiger partial charge in [0.25, 0.3) is 0 Å². The zero-order valence-corrected chi connectivity index (χ0v) is 26.2. The van der Waals surface area contributed by atoms with Crippen LogP contribution in [0.4, 0.5) is 19.0 Å². The van der Waals surface area contributed by atoms with E-state index in [9.17, 15) is 18.4 Å². The molecule has 41 heavy (non-hydrogen) atoms. The van der Waals surface area contributed by atoms with E-state index in [1.807, 2.05) is 32.1 Å². The van der Waals surface area contributed by atoms with Crippen molar-refractivity contribution in [1.82, 2.24) is 9.97 Å². The number of nitrogens with one attached hydrogen (secondary N) is 1. The Morgan fingerprint density at radius 3 is 2.46 bits per heavy atom. The lowest BCUT2D eigenvalue weighted by Gasteiger charge is -2.19. The van der Waals surface area contributed by atoms with Gasteiger partial charge in [0.05, 0.1) is 29.5 Å². The van der Waals surface area contributed by atoms with E-state index in [2.05, 4.69) is 52.6 Å². The zero-order chi connectivity index (χ0) is 31.0. The van der Waals surface area contributed by atoms with Crippen molar-refractivity contribution in [1.29, 1.82) is 5.26 Å². The highest BCUT2D eigenvalue weighted by molar-refractivity contribution is 6.76. The molecule has 0 aliphatic heterocycles. The molecule has 0 amide bonds. The number of aryl methyl sites for hydroxylation is 2. The first-order chi connectivity index (χ1) is 19.1. The van der Waals surface area contributed by atoms with Crippen LogP contribution < -0.4 is 5.32 Å². The molecule has 2 aromatic heterocycles. The number of nitrogens with zero attached hydrogens (tertiary/aromatic N) is 4. The van der Waals surface area contributed by atoms with Crippen LogP contribution in [0.5, 0.6) is 0 Å². The van der Waals surface area contributed by atoms with Gasteiger partial charge >= 0.3 is 6.18 Å². The molecule has 0 aliphatic carbocycles. The lowest BCUT2D eigenvalue weighted by molar-refractivity contribution is -0.0861. The van der Waals surface area contributed by atoms with Gasteiger partial charge in [-0.3, -0.25) is 9.98 Å². The van der Waals surface area contributed by atoms with Gasteiger partial charge < -0.3 is 10.1 Å². The standard InChI is InChI=1S/C31H40F3N5OSi/c1-20(2)15-26(31(32,33)34)30(36-6)39-28-17-25(27-12-10-11-22(4)37-27)29(23(5)38-28)24(18-35)16-21(3)19-40-13-14-41(7,8)9/h10-12,15-17,21H,1,13-14,19H2,2-9H3,(H,36,38,39). The topological polar surface area (TPSA) is 83.2 Å². The van der Waals surface area contributed by atoms with Crippen LogP contribution in [0.25, 0.3) is 16.8 Å². The number of hydrogen-bond donors (Lipinski definition) is 1. The molecule has 0 aromatic carbocycles. The maximum absolute atomic E-state index is 13.9. The predicted molar refractivity (Wildman–Crippen MR) is 165 cm³/mol. The molecule has 2 rings (SSSR count). The molecule has 10 heteroatoms. The van der Waals surface area contributed by atoms with Crippen molar-refractivity contribution in [3.05, 3.63) is 71.1 Å².